The first kappa shape index (κ1) is 22.2. The molecule has 4 rings (SSSR count). The Morgan fingerprint density at radius 2 is 1.94 bits per heavy atom. The van der Waals surface area contributed by atoms with E-state index in [4.69, 9.17) is 14.2 Å². The molecule has 172 valence electrons. The van der Waals surface area contributed by atoms with E-state index in [9.17, 15) is 9.59 Å². The molecule has 33 heavy (non-hydrogen) atoms. The number of nitrogens with zero attached hydrogens (tertiary/aromatic N) is 2. The van der Waals surface area contributed by atoms with Gasteiger partial charge in [-0.1, -0.05) is 6.07 Å². The van der Waals surface area contributed by atoms with Crippen LogP contribution in [0, 0.1) is 6.92 Å². The summed E-state index contributed by atoms with van der Waals surface area (Å²) in [6.45, 7) is 2.32. The average Bonchev–Trinajstić information content (AvgIpc) is 3.32. The van der Waals surface area contributed by atoms with Crippen molar-refractivity contribution < 1.29 is 23.8 Å². The first-order valence-corrected chi connectivity index (χ1v) is 10.5. The van der Waals surface area contributed by atoms with Crippen molar-refractivity contribution in [1.29, 1.82) is 0 Å². The van der Waals surface area contributed by atoms with Gasteiger partial charge < -0.3 is 29.4 Å². The van der Waals surface area contributed by atoms with Crippen molar-refractivity contribution >= 4 is 17.7 Å². The van der Waals surface area contributed by atoms with Crippen LogP contribution < -0.4 is 14.8 Å². The zero-order valence-corrected chi connectivity index (χ0v) is 19.0. The number of esters is 1. The Bertz CT molecular complexity index is 1190. The van der Waals surface area contributed by atoms with E-state index in [2.05, 4.69) is 15.3 Å². The Morgan fingerprint density at radius 1 is 1.12 bits per heavy atom. The van der Waals surface area contributed by atoms with Gasteiger partial charge in [0.2, 0.25) is 0 Å². The number of ether oxygens (including phenoxy) is 3. The van der Waals surface area contributed by atoms with E-state index in [-0.39, 0.29) is 6.03 Å². The van der Waals surface area contributed by atoms with E-state index in [0.29, 0.717) is 35.7 Å². The van der Waals surface area contributed by atoms with Crippen LogP contribution in [0.15, 0.2) is 42.7 Å². The van der Waals surface area contributed by atoms with Gasteiger partial charge in [0.05, 0.1) is 38.9 Å². The second-order valence-corrected chi connectivity index (χ2v) is 7.67. The van der Waals surface area contributed by atoms with Crippen LogP contribution in [0.4, 0.5) is 10.5 Å². The molecule has 0 radical (unpaired) electrons. The van der Waals surface area contributed by atoms with E-state index >= 15 is 0 Å². The lowest BCUT2D eigenvalue weighted by molar-refractivity contribution is 0.0600. The number of H-pyrrole nitrogens is 1. The molecule has 1 aliphatic rings. The van der Waals surface area contributed by atoms with Crippen LogP contribution in [-0.2, 0) is 11.2 Å². The van der Waals surface area contributed by atoms with Gasteiger partial charge in [-0.3, -0.25) is 0 Å². The van der Waals surface area contributed by atoms with Gasteiger partial charge >= 0.3 is 12.0 Å². The third-order valence-electron chi connectivity index (χ3n) is 5.82. The summed E-state index contributed by atoms with van der Waals surface area (Å²) in [4.78, 5) is 34.9. The maximum absolute atomic E-state index is 13.5. The number of amides is 2. The molecule has 0 aliphatic carbocycles. The second kappa shape index (κ2) is 9.23. The summed E-state index contributed by atoms with van der Waals surface area (Å²) in [7, 11) is 4.50. The molecule has 0 bridgehead atoms. The molecule has 1 aromatic heterocycles. The van der Waals surface area contributed by atoms with Gasteiger partial charge in [-0.05, 0) is 42.8 Å². The summed E-state index contributed by atoms with van der Waals surface area (Å²) in [5.74, 6) is 0.803. The van der Waals surface area contributed by atoms with E-state index in [1.807, 2.05) is 25.1 Å². The standard InChI is InChI=1S/C24H26N4O5/c1-14-5-6-15(23(29)33-4)11-19(14)27-24(30)28-10-9-18-21(26-13-25-18)22(28)17-12-16(31-2)7-8-20(17)32-3/h5-8,11-13,22H,9-10H2,1-4H3,(H,25,26)(H,27,30). The molecule has 0 fully saturated rings. The highest BCUT2D eigenvalue weighted by Gasteiger charge is 2.36. The van der Waals surface area contributed by atoms with Crippen LogP contribution in [0.1, 0.15) is 38.9 Å². The molecule has 2 N–H and O–H groups in total. The lowest BCUT2D eigenvalue weighted by atomic mass is 9.95. The van der Waals surface area contributed by atoms with Gasteiger partial charge in [-0.25, -0.2) is 14.6 Å². The van der Waals surface area contributed by atoms with E-state index in [1.165, 1.54) is 7.11 Å². The monoisotopic (exact) mass is 450 g/mol. The molecule has 2 amide bonds. The van der Waals surface area contributed by atoms with Crippen LogP contribution >= 0.6 is 0 Å². The predicted octanol–water partition coefficient (Wildman–Crippen LogP) is 3.70. The number of aromatic nitrogens is 2. The molecular formula is C24H26N4O5. The number of urea groups is 1. The smallest absolute Gasteiger partial charge is 0.337 e. The third-order valence-corrected chi connectivity index (χ3v) is 5.82. The molecule has 2 aromatic carbocycles. The Kier molecular flexibility index (Phi) is 6.21. The minimum absolute atomic E-state index is 0.316. The fourth-order valence-electron chi connectivity index (χ4n) is 4.05. The fraction of sp³-hybridized carbons (Fsp3) is 0.292. The van der Waals surface area contributed by atoms with Gasteiger partial charge in [0.25, 0.3) is 0 Å². The number of hydrogen-bond donors (Lipinski definition) is 2. The van der Waals surface area contributed by atoms with Crippen molar-refractivity contribution in [2.75, 3.05) is 33.2 Å². The van der Waals surface area contributed by atoms with Crippen molar-refractivity contribution in [2.24, 2.45) is 0 Å². The Labute approximate surface area is 191 Å². The largest absolute Gasteiger partial charge is 0.497 e. The summed E-state index contributed by atoms with van der Waals surface area (Å²) in [6.07, 6.45) is 2.27. The maximum atomic E-state index is 13.5. The minimum Gasteiger partial charge on any atom is -0.497 e. The first-order valence-electron chi connectivity index (χ1n) is 10.5. The van der Waals surface area contributed by atoms with Crippen molar-refractivity contribution in [3.63, 3.8) is 0 Å². The Hall–Kier alpha value is -4.01. The number of imidazole rings is 1. The second-order valence-electron chi connectivity index (χ2n) is 7.67. The highest BCUT2D eigenvalue weighted by molar-refractivity contribution is 5.95. The van der Waals surface area contributed by atoms with Gasteiger partial charge in [-0.2, -0.15) is 0 Å². The number of carbonyl (C=O) groups excluding carboxylic acids is 2. The number of nitrogens with one attached hydrogen (secondary N) is 2. The van der Waals surface area contributed by atoms with Gasteiger partial charge in [0, 0.05) is 29.9 Å². The molecule has 9 nitrogen and oxygen atoms in total. The van der Waals surface area contributed by atoms with Crippen LogP contribution in [0.2, 0.25) is 0 Å². The van der Waals surface area contributed by atoms with Gasteiger partial charge in [0.1, 0.15) is 17.5 Å². The first-order chi connectivity index (χ1) is 16.0. The van der Waals surface area contributed by atoms with Crippen molar-refractivity contribution in [3.8, 4) is 11.5 Å². The average molecular weight is 450 g/mol. The van der Waals surface area contributed by atoms with E-state index in [1.54, 1.807) is 43.6 Å². The highest BCUT2D eigenvalue weighted by atomic mass is 16.5. The summed E-state index contributed by atoms with van der Waals surface area (Å²) in [6, 6.07) is 9.72. The SMILES string of the molecule is COC(=O)c1ccc(C)c(NC(=O)N2CCc3[nH]cnc3C2c2cc(OC)ccc2OC)c1. The maximum Gasteiger partial charge on any atom is 0.337 e. The molecule has 3 aromatic rings. The fourth-order valence-corrected chi connectivity index (χ4v) is 4.05. The molecule has 1 unspecified atom stereocenters. The molecule has 1 aliphatic heterocycles. The molecular weight excluding hydrogens is 424 g/mol. The summed E-state index contributed by atoms with van der Waals surface area (Å²) >= 11 is 0. The van der Waals surface area contributed by atoms with E-state index < -0.39 is 12.0 Å². The van der Waals surface area contributed by atoms with Crippen molar-refractivity contribution in [2.45, 2.75) is 19.4 Å². The summed E-state index contributed by atoms with van der Waals surface area (Å²) in [5, 5.41) is 2.96. The van der Waals surface area contributed by atoms with Crippen molar-refractivity contribution in [3.05, 3.63) is 70.8 Å². The van der Waals surface area contributed by atoms with Crippen molar-refractivity contribution in [1.82, 2.24) is 14.9 Å². The Morgan fingerprint density at radius 3 is 2.67 bits per heavy atom. The van der Waals surface area contributed by atoms with Gasteiger partial charge in [-0.15, -0.1) is 0 Å². The topological polar surface area (TPSA) is 106 Å². The highest BCUT2D eigenvalue weighted by Crippen LogP contribution is 2.40. The van der Waals surface area contributed by atoms with Crippen LogP contribution in [0.3, 0.4) is 0 Å². The van der Waals surface area contributed by atoms with Crippen LogP contribution in [-0.4, -0.2) is 54.7 Å². The predicted molar refractivity (Wildman–Crippen MR) is 122 cm³/mol. The molecule has 0 spiro atoms. The number of aryl methyl sites for hydroxylation is 1. The quantitative estimate of drug-likeness (QED) is 0.574. The lowest BCUT2D eigenvalue weighted by Gasteiger charge is -2.36. The van der Waals surface area contributed by atoms with E-state index in [0.717, 1.165) is 22.5 Å². The van der Waals surface area contributed by atoms with Crippen LogP contribution in [0.25, 0.3) is 0 Å². The number of aromatic amines is 1. The zero-order chi connectivity index (χ0) is 23.5. The number of methoxy groups -OCH3 is 3. The number of anilines is 1. The van der Waals surface area contributed by atoms with Crippen LogP contribution in [0.5, 0.6) is 11.5 Å². The molecule has 0 saturated heterocycles. The molecule has 9 heteroatoms. The zero-order valence-electron chi connectivity index (χ0n) is 19.0. The summed E-state index contributed by atoms with van der Waals surface area (Å²) in [5.41, 5.74) is 4.20. The third kappa shape index (κ3) is 4.21. The van der Waals surface area contributed by atoms with Gasteiger partial charge in [0.15, 0.2) is 0 Å². The normalized spacial score (nSPS) is 14.9. The molecule has 2 heterocycles. The minimum atomic E-state index is -0.492. The Balaban J connectivity index is 1.73. The molecule has 0 saturated carbocycles. The molecule has 1 atom stereocenters. The number of benzene rings is 2. The summed E-state index contributed by atoms with van der Waals surface area (Å²) < 4.78 is 15.8. The lowest BCUT2D eigenvalue weighted by Crippen LogP contribution is -2.43. The number of hydrogen-bond acceptors (Lipinski definition) is 6. The number of fused-ring (bicyclic) bond motifs is 1. The number of carbonyl (C=O) groups is 2. The number of rotatable bonds is 5.